The number of nitrogens with one attached hydrogen (secondary N) is 1. The van der Waals surface area contributed by atoms with Gasteiger partial charge in [0.05, 0.1) is 5.69 Å². The van der Waals surface area contributed by atoms with Crippen molar-refractivity contribution in [1.82, 2.24) is 4.98 Å². The number of carbonyl (C=O) groups is 1. The highest BCUT2D eigenvalue weighted by atomic mass is 32.1. The van der Waals surface area contributed by atoms with Crippen LogP contribution in [0.2, 0.25) is 0 Å². The van der Waals surface area contributed by atoms with Gasteiger partial charge in [-0.05, 0) is 30.5 Å². The molecule has 3 aromatic rings. The van der Waals surface area contributed by atoms with Gasteiger partial charge in [0, 0.05) is 28.5 Å². The molecule has 0 saturated carbocycles. The Morgan fingerprint density at radius 3 is 2.35 bits per heavy atom. The van der Waals surface area contributed by atoms with Crippen LogP contribution < -0.4 is 10.4 Å². The van der Waals surface area contributed by atoms with Crippen LogP contribution in [0.15, 0.2) is 48.5 Å². The average molecular weight is 365 g/mol. The number of anilines is 2. The second-order valence-corrected chi connectivity index (χ2v) is 7.69. The van der Waals surface area contributed by atoms with Gasteiger partial charge in [-0.2, -0.15) is 0 Å². The Morgan fingerprint density at radius 1 is 1.12 bits per heavy atom. The Hall–Kier alpha value is -2.66. The lowest BCUT2D eigenvalue weighted by molar-refractivity contribution is -0.304. The average Bonchev–Trinajstić information content (AvgIpc) is 2.98. The van der Waals surface area contributed by atoms with E-state index in [1.807, 2.05) is 43.3 Å². The van der Waals surface area contributed by atoms with Crippen LogP contribution in [-0.4, -0.2) is 11.0 Å². The van der Waals surface area contributed by atoms with Gasteiger partial charge in [-0.15, -0.1) is 11.3 Å². The first-order valence-corrected chi connectivity index (χ1v) is 9.37. The summed E-state index contributed by atoms with van der Waals surface area (Å²) >= 11 is 1.35. The number of carboxylic acid groups (broad SMARTS) is 1. The van der Waals surface area contributed by atoms with E-state index in [1.54, 1.807) is 0 Å². The van der Waals surface area contributed by atoms with Crippen LogP contribution in [0.25, 0.3) is 11.3 Å². The minimum Gasteiger partial charge on any atom is -0.550 e. The lowest BCUT2D eigenvalue weighted by Crippen LogP contribution is -2.24. The third-order valence-electron chi connectivity index (χ3n) is 4.16. The molecule has 0 unspecified atom stereocenters. The van der Waals surface area contributed by atoms with E-state index in [2.05, 4.69) is 36.3 Å². The maximum atomic E-state index is 11.1. The van der Waals surface area contributed by atoms with Gasteiger partial charge in [-0.1, -0.05) is 55.8 Å². The molecule has 3 rings (SSSR count). The Kier molecular flexibility index (Phi) is 5.38. The normalized spacial score (nSPS) is 10.9. The van der Waals surface area contributed by atoms with E-state index in [-0.39, 0.29) is 6.42 Å². The number of hydrogen-bond acceptors (Lipinski definition) is 5. The number of thiazole rings is 1. The molecule has 0 spiro atoms. The van der Waals surface area contributed by atoms with Crippen molar-refractivity contribution in [2.45, 2.75) is 33.1 Å². The number of benzene rings is 2. The van der Waals surface area contributed by atoms with E-state index in [0.29, 0.717) is 21.6 Å². The predicted molar refractivity (Wildman–Crippen MR) is 105 cm³/mol. The fraction of sp³-hybridized carbons (Fsp3) is 0.238. The number of carbonyl (C=O) groups excluding carboxylic acids is 1. The van der Waals surface area contributed by atoms with Crippen LogP contribution in [0.1, 0.15) is 35.8 Å². The van der Waals surface area contributed by atoms with Crippen molar-refractivity contribution in [2.24, 2.45) is 0 Å². The van der Waals surface area contributed by atoms with Crippen molar-refractivity contribution in [3.8, 4) is 11.3 Å². The molecular weight excluding hydrogens is 344 g/mol. The molecule has 26 heavy (non-hydrogen) atoms. The fourth-order valence-electron chi connectivity index (χ4n) is 2.67. The van der Waals surface area contributed by atoms with Crippen LogP contribution in [0, 0.1) is 6.92 Å². The van der Waals surface area contributed by atoms with Gasteiger partial charge in [0.1, 0.15) is 0 Å². The Labute approximate surface area is 157 Å². The second kappa shape index (κ2) is 7.70. The highest BCUT2D eigenvalue weighted by Gasteiger charge is 2.14. The van der Waals surface area contributed by atoms with Gasteiger partial charge in [-0.3, -0.25) is 0 Å². The van der Waals surface area contributed by atoms with Crippen molar-refractivity contribution in [3.63, 3.8) is 0 Å². The molecule has 0 bridgehead atoms. The summed E-state index contributed by atoms with van der Waals surface area (Å²) in [4.78, 5) is 16.5. The first-order chi connectivity index (χ1) is 12.4. The summed E-state index contributed by atoms with van der Waals surface area (Å²) in [5.74, 6) is -0.656. The van der Waals surface area contributed by atoms with Crippen molar-refractivity contribution in [1.29, 1.82) is 0 Å². The molecular formula is C21H21N2O2S-. The van der Waals surface area contributed by atoms with Crippen molar-refractivity contribution >= 4 is 28.1 Å². The van der Waals surface area contributed by atoms with E-state index in [9.17, 15) is 9.90 Å². The minimum absolute atomic E-state index is 0.144. The molecule has 5 heteroatoms. The SMILES string of the molecule is Cc1ccc(Nc2nc(-c3ccc(C(C)C)cc3)c(CC(=O)[O-])s2)cc1. The van der Waals surface area contributed by atoms with Crippen LogP contribution >= 0.6 is 11.3 Å². The number of aromatic nitrogens is 1. The first-order valence-electron chi connectivity index (χ1n) is 8.56. The monoisotopic (exact) mass is 365 g/mol. The zero-order valence-electron chi connectivity index (χ0n) is 15.1. The Morgan fingerprint density at radius 2 is 1.77 bits per heavy atom. The Bertz CT molecular complexity index is 897. The first kappa shape index (κ1) is 18.1. The van der Waals surface area contributed by atoms with Crippen LogP contribution in [0.4, 0.5) is 10.8 Å². The van der Waals surface area contributed by atoms with Crippen LogP contribution in [0.5, 0.6) is 0 Å². The molecule has 4 nitrogen and oxygen atoms in total. The smallest absolute Gasteiger partial charge is 0.187 e. The fourth-order valence-corrected chi connectivity index (χ4v) is 3.66. The molecule has 0 fully saturated rings. The molecule has 0 aliphatic rings. The van der Waals surface area contributed by atoms with Crippen molar-refractivity contribution in [3.05, 3.63) is 64.5 Å². The lowest BCUT2D eigenvalue weighted by atomic mass is 10.0. The summed E-state index contributed by atoms with van der Waals surface area (Å²) in [7, 11) is 0. The second-order valence-electron chi connectivity index (χ2n) is 6.61. The number of rotatable bonds is 6. The zero-order valence-corrected chi connectivity index (χ0v) is 15.9. The minimum atomic E-state index is -1.10. The number of nitrogens with zero attached hydrogens (tertiary/aromatic N) is 1. The highest BCUT2D eigenvalue weighted by molar-refractivity contribution is 7.16. The quantitative estimate of drug-likeness (QED) is 0.708. The summed E-state index contributed by atoms with van der Waals surface area (Å²) in [5, 5.41) is 15.1. The highest BCUT2D eigenvalue weighted by Crippen LogP contribution is 2.33. The molecule has 1 heterocycles. The molecule has 0 aliphatic carbocycles. The molecule has 1 N–H and O–H groups in total. The molecule has 0 amide bonds. The maximum Gasteiger partial charge on any atom is 0.187 e. The van der Waals surface area contributed by atoms with Crippen molar-refractivity contribution in [2.75, 3.05) is 5.32 Å². The van der Waals surface area contributed by atoms with Gasteiger partial charge in [0.15, 0.2) is 5.13 Å². The van der Waals surface area contributed by atoms with Gasteiger partial charge in [0.2, 0.25) is 0 Å². The summed E-state index contributed by atoms with van der Waals surface area (Å²) < 4.78 is 0. The summed E-state index contributed by atoms with van der Waals surface area (Å²) in [6.45, 7) is 6.32. The summed E-state index contributed by atoms with van der Waals surface area (Å²) in [6, 6.07) is 16.1. The lowest BCUT2D eigenvalue weighted by Gasteiger charge is -2.07. The third-order valence-corrected chi connectivity index (χ3v) is 5.13. The summed E-state index contributed by atoms with van der Waals surface area (Å²) in [5.41, 5.74) is 4.95. The topological polar surface area (TPSA) is 65.0 Å². The standard InChI is InChI=1S/C21H22N2O2S/c1-13(2)15-6-8-16(9-7-15)20-18(12-19(24)25)26-21(23-20)22-17-10-4-14(3)5-11-17/h4-11,13H,12H2,1-3H3,(H,22,23)(H,24,25)/p-1. The molecule has 0 atom stereocenters. The van der Waals surface area contributed by atoms with Crippen LogP contribution in [-0.2, 0) is 11.2 Å². The van der Waals surface area contributed by atoms with E-state index in [1.165, 1.54) is 22.5 Å². The van der Waals surface area contributed by atoms with E-state index >= 15 is 0 Å². The summed E-state index contributed by atoms with van der Waals surface area (Å²) in [6.07, 6.45) is -0.144. The number of aryl methyl sites for hydroxylation is 1. The van der Waals surface area contributed by atoms with E-state index in [0.717, 1.165) is 11.3 Å². The number of hydrogen-bond donors (Lipinski definition) is 1. The van der Waals surface area contributed by atoms with Gasteiger partial charge in [-0.25, -0.2) is 4.98 Å². The largest absolute Gasteiger partial charge is 0.550 e. The molecule has 134 valence electrons. The Balaban J connectivity index is 1.93. The van der Waals surface area contributed by atoms with E-state index < -0.39 is 5.97 Å². The zero-order chi connectivity index (χ0) is 18.7. The predicted octanol–water partition coefficient (Wildman–Crippen LogP) is 4.28. The molecule has 2 aromatic carbocycles. The van der Waals surface area contributed by atoms with Gasteiger partial charge < -0.3 is 15.2 Å². The maximum absolute atomic E-state index is 11.1. The number of aliphatic carboxylic acids is 1. The van der Waals surface area contributed by atoms with Gasteiger partial charge >= 0.3 is 0 Å². The molecule has 0 aliphatic heterocycles. The number of carboxylic acids is 1. The van der Waals surface area contributed by atoms with Crippen molar-refractivity contribution < 1.29 is 9.90 Å². The van der Waals surface area contributed by atoms with Crippen LogP contribution in [0.3, 0.4) is 0 Å². The molecule has 1 aromatic heterocycles. The van der Waals surface area contributed by atoms with E-state index in [4.69, 9.17) is 0 Å². The molecule has 0 radical (unpaired) electrons. The third kappa shape index (κ3) is 4.29. The van der Waals surface area contributed by atoms with Gasteiger partial charge in [0.25, 0.3) is 0 Å². The molecule has 0 saturated heterocycles.